The minimum absolute atomic E-state index is 0.0858. The van der Waals surface area contributed by atoms with Gasteiger partial charge in [0, 0.05) is 6.20 Å². The number of nitrogens with one attached hydrogen (secondary N) is 2. The van der Waals surface area contributed by atoms with Gasteiger partial charge in [-0.3, -0.25) is 0 Å². The number of fused-ring (bicyclic) bond motifs is 4. The molecule has 9 heteroatoms. The van der Waals surface area contributed by atoms with Gasteiger partial charge in [0.1, 0.15) is 11.5 Å². The Morgan fingerprint density at radius 3 is 2.77 bits per heavy atom. The highest BCUT2D eigenvalue weighted by Gasteiger charge is 2.49. The van der Waals surface area contributed by atoms with E-state index in [0.29, 0.717) is 27.7 Å². The Kier molecular flexibility index (Phi) is 3.96. The van der Waals surface area contributed by atoms with Crippen molar-refractivity contribution < 1.29 is 13.2 Å². The smallest absolute Gasteiger partial charge is 0.345 e. The van der Waals surface area contributed by atoms with Crippen molar-refractivity contribution in [3.8, 4) is 0 Å². The average molecular weight is 394 g/mol. The van der Waals surface area contributed by atoms with Gasteiger partial charge in [0.15, 0.2) is 0 Å². The molecular formula is C17H13F3N4S2. The van der Waals surface area contributed by atoms with Gasteiger partial charge >= 0.3 is 6.18 Å². The first kappa shape index (κ1) is 17.3. The Morgan fingerprint density at radius 1 is 1.23 bits per heavy atom. The Labute approximate surface area is 158 Å². The van der Waals surface area contributed by atoms with Gasteiger partial charge in [-0.1, -0.05) is 48.7 Å². The summed E-state index contributed by atoms with van der Waals surface area (Å²) >= 11 is 11.0. The molecule has 1 aliphatic heterocycles. The molecule has 1 aromatic heterocycles. The molecule has 1 spiro atoms. The van der Waals surface area contributed by atoms with Crippen LogP contribution in [0.3, 0.4) is 0 Å². The molecule has 26 heavy (non-hydrogen) atoms. The Morgan fingerprint density at radius 2 is 2.00 bits per heavy atom. The zero-order valence-corrected chi connectivity index (χ0v) is 15.0. The molecule has 0 saturated heterocycles. The molecule has 2 heterocycles. The third-order valence-electron chi connectivity index (χ3n) is 4.75. The predicted molar refractivity (Wildman–Crippen MR) is 99.6 cm³/mol. The lowest BCUT2D eigenvalue weighted by atomic mass is 9.74. The number of anilines is 1. The third-order valence-corrected chi connectivity index (χ3v) is 5.52. The molecule has 0 saturated carbocycles. The second-order valence-corrected chi connectivity index (χ2v) is 7.09. The predicted octanol–water partition coefficient (Wildman–Crippen LogP) is 3.29. The molecule has 134 valence electrons. The van der Waals surface area contributed by atoms with Gasteiger partial charge in [0.2, 0.25) is 5.95 Å². The number of halogens is 3. The monoisotopic (exact) mass is 394 g/mol. The summed E-state index contributed by atoms with van der Waals surface area (Å²) in [4.78, 5) is 9.32. The van der Waals surface area contributed by atoms with Crippen LogP contribution in [0.4, 0.5) is 19.1 Å². The van der Waals surface area contributed by atoms with Crippen molar-refractivity contribution in [2.45, 2.75) is 24.4 Å². The van der Waals surface area contributed by atoms with Crippen LogP contribution in [0.2, 0.25) is 0 Å². The van der Waals surface area contributed by atoms with Gasteiger partial charge < -0.3 is 10.6 Å². The molecule has 0 fully saturated rings. The summed E-state index contributed by atoms with van der Waals surface area (Å²) in [6, 6.07) is 7.90. The standard InChI is InChI=1S/C17H13F3N4S2/c18-17(19,20)8-22-15-21-7-10-12(23-15)16(14(26)24-13(10)25)6-5-9-3-1-2-4-11(9)16/h1-4,7H,5-6,8H2,(H,21,22,23)(H,24,25,26). The summed E-state index contributed by atoms with van der Waals surface area (Å²) in [5, 5.41) is 5.31. The Hall–Kier alpha value is -2.13. The largest absolute Gasteiger partial charge is 0.405 e. The normalized spacial score (nSPS) is 21.3. The maximum absolute atomic E-state index is 12.5. The van der Waals surface area contributed by atoms with E-state index >= 15 is 0 Å². The third kappa shape index (κ3) is 2.66. The van der Waals surface area contributed by atoms with Crippen LogP contribution in [-0.4, -0.2) is 32.7 Å². The molecule has 2 aliphatic rings. The zero-order valence-electron chi connectivity index (χ0n) is 13.4. The van der Waals surface area contributed by atoms with Crippen molar-refractivity contribution in [2.75, 3.05) is 11.9 Å². The summed E-state index contributed by atoms with van der Waals surface area (Å²) in [7, 11) is 0. The summed E-state index contributed by atoms with van der Waals surface area (Å²) < 4.78 is 37.6. The number of thiocarbonyl (C=S) groups is 2. The molecule has 0 amide bonds. The Bertz CT molecular complexity index is 928. The number of rotatable bonds is 2. The van der Waals surface area contributed by atoms with Crippen LogP contribution >= 0.6 is 24.4 Å². The first-order chi connectivity index (χ1) is 12.3. The second-order valence-electron chi connectivity index (χ2n) is 6.27. The molecular weight excluding hydrogens is 381 g/mol. The molecule has 1 unspecified atom stereocenters. The van der Waals surface area contributed by atoms with E-state index < -0.39 is 18.1 Å². The lowest BCUT2D eigenvalue weighted by Crippen LogP contribution is -2.51. The number of alkyl halides is 3. The van der Waals surface area contributed by atoms with Crippen molar-refractivity contribution in [3.63, 3.8) is 0 Å². The number of aromatic nitrogens is 2. The highest BCUT2D eigenvalue weighted by molar-refractivity contribution is 7.82. The van der Waals surface area contributed by atoms with E-state index in [0.717, 1.165) is 17.5 Å². The van der Waals surface area contributed by atoms with E-state index in [1.54, 1.807) is 0 Å². The van der Waals surface area contributed by atoms with Crippen LogP contribution in [0, 0.1) is 0 Å². The summed E-state index contributed by atoms with van der Waals surface area (Å²) in [6.07, 6.45) is -1.41. The van der Waals surface area contributed by atoms with Crippen LogP contribution in [0.15, 0.2) is 30.5 Å². The highest BCUT2D eigenvalue weighted by atomic mass is 32.1. The molecule has 2 aromatic rings. The molecule has 2 N–H and O–H groups in total. The van der Waals surface area contributed by atoms with E-state index in [1.165, 1.54) is 6.20 Å². The first-order valence-corrected chi connectivity index (χ1v) is 8.75. The lowest BCUT2D eigenvalue weighted by molar-refractivity contribution is -0.115. The SMILES string of the molecule is FC(F)(F)CNc1ncc2c(n1)C1(CCc3ccccc31)C(=S)NC2=S. The fourth-order valence-electron chi connectivity index (χ4n) is 3.62. The maximum Gasteiger partial charge on any atom is 0.405 e. The van der Waals surface area contributed by atoms with Gasteiger partial charge in [-0.05, 0) is 24.0 Å². The van der Waals surface area contributed by atoms with Crippen molar-refractivity contribution >= 4 is 40.4 Å². The van der Waals surface area contributed by atoms with Gasteiger partial charge in [-0.2, -0.15) is 13.2 Å². The molecule has 4 rings (SSSR count). The average Bonchev–Trinajstić information content (AvgIpc) is 2.98. The first-order valence-electron chi connectivity index (χ1n) is 7.93. The Balaban J connectivity index is 1.85. The van der Waals surface area contributed by atoms with E-state index in [4.69, 9.17) is 24.4 Å². The van der Waals surface area contributed by atoms with E-state index in [9.17, 15) is 13.2 Å². The fourth-order valence-corrected chi connectivity index (χ4v) is 4.34. The molecule has 1 atom stereocenters. The van der Waals surface area contributed by atoms with Crippen molar-refractivity contribution in [3.05, 3.63) is 52.8 Å². The van der Waals surface area contributed by atoms with Gasteiger partial charge in [-0.25, -0.2) is 9.97 Å². The molecule has 4 nitrogen and oxygen atoms in total. The summed E-state index contributed by atoms with van der Waals surface area (Å²) in [6.45, 7) is -1.21. The van der Waals surface area contributed by atoms with Gasteiger partial charge in [-0.15, -0.1) is 0 Å². The van der Waals surface area contributed by atoms with Crippen LogP contribution < -0.4 is 10.6 Å². The van der Waals surface area contributed by atoms with Gasteiger partial charge in [0.05, 0.1) is 21.7 Å². The highest BCUT2D eigenvalue weighted by Crippen LogP contribution is 2.47. The van der Waals surface area contributed by atoms with Crippen molar-refractivity contribution in [1.82, 2.24) is 15.3 Å². The molecule has 0 radical (unpaired) electrons. The fraction of sp³-hybridized carbons (Fsp3) is 0.294. The second kappa shape index (κ2) is 5.95. The topological polar surface area (TPSA) is 49.8 Å². The summed E-state index contributed by atoms with van der Waals surface area (Å²) in [5.41, 5.74) is 2.64. The van der Waals surface area contributed by atoms with Crippen LogP contribution in [-0.2, 0) is 11.8 Å². The van der Waals surface area contributed by atoms with E-state index in [2.05, 4.69) is 20.6 Å². The van der Waals surface area contributed by atoms with E-state index in [-0.39, 0.29) is 5.95 Å². The minimum Gasteiger partial charge on any atom is -0.345 e. The zero-order chi connectivity index (χ0) is 18.5. The van der Waals surface area contributed by atoms with Gasteiger partial charge in [0.25, 0.3) is 0 Å². The quantitative estimate of drug-likeness (QED) is 0.763. The van der Waals surface area contributed by atoms with Crippen molar-refractivity contribution in [2.24, 2.45) is 0 Å². The van der Waals surface area contributed by atoms with Crippen LogP contribution in [0.25, 0.3) is 0 Å². The lowest BCUT2D eigenvalue weighted by Gasteiger charge is -2.37. The molecule has 1 aliphatic carbocycles. The number of hydrogen-bond acceptors (Lipinski definition) is 5. The molecule has 0 bridgehead atoms. The minimum atomic E-state index is -4.36. The van der Waals surface area contributed by atoms with Crippen LogP contribution in [0.5, 0.6) is 0 Å². The molecule has 1 aromatic carbocycles. The van der Waals surface area contributed by atoms with Crippen LogP contribution in [0.1, 0.15) is 28.8 Å². The number of benzene rings is 1. The maximum atomic E-state index is 12.5. The number of aryl methyl sites for hydroxylation is 1. The number of hydrogen-bond donors (Lipinski definition) is 2. The summed E-state index contributed by atoms with van der Waals surface area (Å²) in [5.74, 6) is -0.0858. The van der Waals surface area contributed by atoms with Crippen molar-refractivity contribution in [1.29, 1.82) is 0 Å². The van der Waals surface area contributed by atoms with E-state index in [1.807, 2.05) is 24.3 Å². The number of nitrogens with zero attached hydrogens (tertiary/aromatic N) is 2.